The number of carbonyl (C=O) groups is 3. The van der Waals surface area contributed by atoms with Gasteiger partial charge < -0.3 is 15.0 Å². The van der Waals surface area contributed by atoms with Crippen molar-refractivity contribution in [3.63, 3.8) is 0 Å². The predicted octanol–water partition coefficient (Wildman–Crippen LogP) is 4.27. The number of nitrogens with zero attached hydrogens (tertiary/aromatic N) is 2. The van der Waals surface area contributed by atoms with Gasteiger partial charge in [0.05, 0.1) is 12.6 Å². The van der Waals surface area contributed by atoms with E-state index in [1.165, 1.54) is 0 Å². The van der Waals surface area contributed by atoms with Crippen LogP contribution >= 0.6 is 11.6 Å². The van der Waals surface area contributed by atoms with E-state index in [0.717, 1.165) is 5.56 Å². The fourth-order valence-corrected chi connectivity index (χ4v) is 4.77. The van der Waals surface area contributed by atoms with Crippen LogP contribution in [0.1, 0.15) is 51.5 Å². The van der Waals surface area contributed by atoms with E-state index in [4.69, 9.17) is 16.3 Å². The van der Waals surface area contributed by atoms with Crippen LogP contribution in [-0.2, 0) is 20.9 Å². The molecule has 0 radical (unpaired) electrons. The Hall–Kier alpha value is -2.46. The number of piperazine rings is 1. The van der Waals surface area contributed by atoms with E-state index in [2.05, 4.69) is 15.5 Å². The first kappa shape index (κ1) is 28.1. The number of hydrogen-bond donors (Lipinski definition) is 2. The molecule has 1 saturated heterocycles. The molecule has 36 heavy (non-hydrogen) atoms. The van der Waals surface area contributed by atoms with E-state index in [0.29, 0.717) is 56.3 Å². The van der Waals surface area contributed by atoms with Gasteiger partial charge in [-0.2, -0.15) is 0 Å². The Morgan fingerprint density at radius 2 is 1.78 bits per heavy atom. The van der Waals surface area contributed by atoms with E-state index in [9.17, 15) is 23.2 Å². The molecule has 11 heteroatoms. The monoisotopic (exact) mass is 528 g/mol. The lowest BCUT2D eigenvalue weighted by Gasteiger charge is -2.35. The Kier molecular flexibility index (Phi) is 9.90. The number of benzene rings is 1. The van der Waals surface area contributed by atoms with E-state index < -0.39 is 12.0 Å². The number of ether oxygens (including phenoxy) is 1. The molecule has 3 amide bonds. The molecule has 2 N–H and O–H groups in total. The molecule has 0 aromatic heterocycles. The number of rotatable bonds is 8. The summed E-state index contributed by atoms with van der Waals surface area (Å²) >= 11 is 6.22. The highest BCUT2D eigenvalue weighted by Crippen LogP contribution is 2.37. The van der Waals surface area contributed by atoms with Crippen molar-refractivity contribution in [1.82, 2.24) is 15.1 Å². The summed E-state index contributed by atoms with van der Waals surface area (Å²) in [5.74, 6) is -3.08. The van der Waals surface area contributed by atoms with Crippen LogP contribution in [0.15, 0.2) is 18.2 Å². The highest BCUT2D eigenvalue weighted by molar-refractivity contribution is 6.31. The minimum absolute atomic E-state index is 0.0497. The van der Waals surface area contributed by atoms with Crippen molar-refractivity contribution in [3.05, 3.63) is 28.8 Å². The summed E-state index contributed by atoms with van der Waals surface area (Å²) in [4.78, 5) is 40.5. The van der Waals surface area contributed by atoms with Crippen molar-refractivity contribution in [3.8, 4) is 0 Å². The molecule has 0 atom stereocenters. The summed E-state index contributed by atoms with van der Waals surface area (Å²) in [5, 5.41) is 5.83. The maximum Gasteiger partial charge on any atom is 0.411 e. The first-order chi connectivity index (χ1) is 17.0. The standard InChI is InChI=1S/C25H35ClF2N4O4/c1-17(2)36-24(35)30-21-12-19(11-20(26)14-21)16-31-7-9-32(10-8-31)23(34)15-29-22(33)13-18-3-5-25(27,28)6-4-18/h11-12,14,17-18H,3-10,13,15-16H2,1-2H3,(H,29,33)(H,30,35). The second-order valence-corrected chi connectivity index (χ2v) is 10.3. The van der Waals surface area contributed by atoms with E-state index in [1.807, 2.05) is 12.1 Å². The van der Waals surface area contributed by atoms with Gasteiger partial charge in [-0.25, -0.2) is 13.6 Å². The molecule has 1 aromatic rings. The molecule has 1 aliphatic heterocycles. The third-order valence-electron chi connectivity index (χ3n) is 6.43. The van der Waals surface area contributed by atoms with Crippen LogP contribution in [0, 0.1) is 5.92 Å². The molecule has 0 spiro atoms. The molecule has 2 fully saturated rings. The van der Waals surface area contributed by atoms with Gasteiger partial charge in [-0.15, -0.1) is 0 Å². The van der Waals surface area contributed by atoms with Gasteiger partial charge in [0.1, 0.15) is 0 Å². The second-order valence-electron chi connectivity index (χ2n) is 9.86. The molecule has 3 rings (SSSR count). The Bertz CT molecular complexity index is 929. The molecule has 0 unspecified atom stereocenters. The first-order valence-corrected chi connectivity index (χ1v) is 12.8. The number of anilines is 1. The Morgan fingerprint density at radius 1 is 1.11 bits per heavy atom. The number of carbonyl (C=O) groups excluding carboxylic acids is 3. The predicted molar refractivity (Wildman–Crippen MR) is 133 cm³/mol. The van der Waals surface area contributed by atoms with Gasteiger partial charge in [0.25, 0.3) is 0 Å². The summed E-state index contributed by atoms with van der Waals surface area (Å²) in [5.41, 5.74) is 1.48. The van der Waals surface area contributed by atoms with Gasteiger partial charge in [0.15, 0.2) is 0 Å². The van der Waals surface area contributed by atoms with Gasteiger partial charge in [-0.1, -0.05) is 11.6 Å². The Balaban J connectivity index is 1.39. The topological polar surface area (TPSA) is 91.0 Å². The van der Waals surface area contributed by atoms with E-state index in [1.54, 1.807) is 24.8 Å². The van der Waals surface area contributed by atoms with Crippen LogP contribution in [0.25, 0.3) is 0 Å². The maximum absolute atomic E-state index is 13.3. The summed E-state index contributed by atoms with van der Waals surface area (Å²) in [6, 6.07) is 5.33. The summed E-state index contributed by atoms with van der Waals surface area (Å²) in [7, 11) is 0. The molecule has 1 aromatic carbocycles. The number of alkyl halides is 2. The van der Waals surface area contributed by atoms with E-state index >= 15 is 0 Å². The van der Waals surface area contributed by atoms with Crippen molar-refractivity contribution in [2.24, 2.45) is 5.92 Å². The average molecular weight is 529 g/mol. The smallest absolute Gasteiger partial charge is 0.411 e. The number of hydrogen-bond acceptors (Lipinski definition) is 5. The van der Waals surface area contributed by atoms with Crippen LogP contribution in [0.3, 0.4) is 0 Å². The minimum atomic E-state index is -2.61. The van der Waals surface area contributed by atoms with Crippen LogP contribution in [0.2, 0.25) is 5.02 Å². The second kappa shape index (κ2) is 12.7. The van der Waals surface area contributed by atoms with Crippen molar-refractivity contribution in [2.45, 2.75) is 64.5 Å². The molecule has 0 bridgehead atoms. The lowest BCUT2D eigenvalue weighted by Crippen LogP contribution is -2.50. The fraction of sp³-hybridized carbons (Fsp3) is 0.640. The van der Waals surface area contributed by atoms with Crippen molar-refractivity contribution >= 4 is 35.2 Å². The summed E-state index contributed by atoms with van der Waals surface area (Å²) < 4.78 is 31.6. The van der Waals surface area contributed by atoms with Gasteiger partial charge in [0, 0.05) is 62.7 Å². The third kappa shape index (κ3) is 9.20. The van der Waals surface area contributed by atoms with Crippen molar-refractivity contribution in [1.29, 1.82) is 0 Å². The minimum Gasteiger partial charge on any atom is -0.447 e. The van der Waals surface area contributed by atoms with Gasteiger partial charge in [-0.05, 0) is 56.4 Å². The molecule has 2 aliphatic rings. The van der Waals surface area contributed by atoms with Crippen LogP contribution < -0.4 is 10.6 Å². The molecule has 1 heterocycles. The molecule has 1 aliphatic carbocycles. The third-order valence-corrected chi connectivity index (χ3v) is 6.64. The normalized spacial score (nSPS) is 18.7. The lowest BCUT2D eigenvalue weighted by molar-refractivity contribution is -0.134. The van der Waals surface area contributed by atoms with Gasteiger partial charge in [0.2, 0.25) is 17.7 Å². The SMILES string of the molecule is CC(C)OC(=O)Nc1cc(Cl)cc(CN2CCN(C(=O)CNC(=O)CC3CCC(F)(F)CC3)CC2)c1. The largest absolute Gasteiger partial charge is 0.447 e. The molecular weight excluding hydrogens is 494 g/mol. The highest BCUT2D eigenvalue weighted by atomic mass is 35.5. The zero-order valence-electron chi connectivity index (χ0n) is 20.8. The number of amides is 3. The Morgan fingerprint density at radius 3 is 2.42 bits per heavy atom. The van der Waals surface area contributed by atoms with Gasteiger partial charge in [-0.3, -0.25) is 19.8 Å². The quantitative estimate of drug-likeness (QED) is 0.526. The lowest BCUT2D eigenvalue weighted by atomic mass is 9.84. The van der Waals surface area contributed by atoms with E-state index in [-0.39, 0.29) is 49.6 Å². The van der Waals surface area contributed by atoms with Crippen LogP contribution in [-0.4, -0.2) is 72.5 Å². The maximum atomic E-state index is 13.3. The zero-order chi connectivity index (χ0) is 26.3. The number of halogens is 3. The zero-order valence-corrected chi connectivity index (χ0v) is 21.6. The fourth-order valence-electron chi connectivity index (χ4n) is 4.51. The van der Waals surface area contributed by atoms with Crippen LogP contribution in [0.5, 0.6) is 0 Å². The van der Waals surface area contributed by atoms with Crippen LogP contribution in [0.4, 0.5) is 19.3 Å². The Labute approximate surface area is 215 Å². The van der Waals surface area contributed by atoms with Gasteiger partial charge >= 0.3 is 6.09 Å². The molecule has 200 valence electrons. The number of nitrogens with one attached hydrogen (secondary N) is 2. The molecule has 8 nitrogen and oxygen atoms in total. The summed E-state index contributed by atoms with van der Waals surface area (Å²) in [6.45, 7) is 6.42. The summed E-state index contributed by atoms with van der Waals surface area (Å²) in [6.07, 6.45) is -0.271. The first-order valence-electron chi connectivity index (χ1n) is 12.4. The highest BCUT2D eigenvalue weighted by Gasteiger charge is 2.35. The molecular formula is C25H35ClF2N4O4. The average Bonchev–Trinajstić information content (AvgIpc) is 2.78. The molecule has 1 saturated carbocycles. The van der Waals surface area contributed by atoms with Crippen molar-refractivity contribution in [2.75, 3.05) is 38.0 Å². The van der Waals surface area contributed by atoms with Crippen molar-refractivity contribution < 1.29 is 27.9 Å².